The number of hydrogen-bond acceptors (Lipinski definition) is 2. The van der Waals surface area contributed by atoms with Gasteiger partial charge in [0.15, 0.2) is 0 Å². The summed E-state index contributed by atoms with van der Waals surface area (Å²) in [5.41, 5.74) is 1.82. The van der Waals surface area contributed by atoms with E-state index in [0.29, 0.717) is 6.04 Å². The largest absolute Gasteiger partial charge is 0.385 e. The predicted molar refractivity (Wildman–Crippen MR) is 74.9 cm³/mol. The van der Waals surface area contributed by atoms with Crippen molar-refractivity contribution >= 4 is 11.6 Å². The third-order valence-electron chi connectivity index (χ3n) is 3.44. The third kappa shape index (κ3) is 3.25. The van der Waals surface area contributed by atoms with Crippen LogP contribution in [0.5, 0.6) is 0 Å². The van der Waals surface area contributed by atoms with Crippen LogP contribution in [0.3, 0.4) is 0 Å². The Bertz CT molecular complexity index is 393. The van der Waals surface area contributed by atoms with E-state index in [4.69, 9.17) is 0 Å². The maximum Gasteiger partial charge on any atom is 0.251 e. The molecule has 0 atom stereocenters. The van der Waals surface area contributed by atoms with E-state index in [-0.39, 0.29) is 5.91 Å². The molecular weight excluding hydrogens is 224 g/mol. The lowest BCUT2D eigenvalue weighted by atomic mass is 9.82. The summed E-state index contributed by atoms with van der Waals surface area (Å²) in [7, 11) is 0. The number of rotatable bonds is 5. The van der Waals surface area contributed by atoms with Crippen LogP contribution in [-0.2, 0) is 0 Å². The molecule has 0 aliphatic heterocycles. The molecule has 0 heterocycles. The molecule has 1 amide bonds. The van der Waals surface area contributed by atoms with Gasteiger partial charge in [0.25, 0.3) is 5.91 Å². The van der Waals surface area contributed by atoms with Crippen LogP contribution in [0.4, 0.5) is 5.69 Å². The maximum atomic E-state index is 11.9. The number of nitrogens with one attached hydrogen (secondary N) is 2. The fourth-order valence-electron chi connectivity index (χ4n) is 2.30. The standard InChI is InChI=1S/C15H22N2O/c1-3-8-16-13-6-4-12(5-7-13)15(18)17-14-9-11(2)10-14/h4-7,11,14,16H,3,8-10H2,1-2H3,(H,17,18). The lowest BCUT2D eigenvalue weighted by Crippen LogP contribution is -2.43. The van der Waals surface area contributed by atoms with Crippen molar-refractivity contribution in [2.24, 2.45) is 5.92 Å². The molecule has 0 radical (unpaired) electrons. The van der Waals surface area contributed by atoms with Crippen molar-refractivity contribution in [3.05, 3.63) is 29.8 Å². The highest BCUT2D eigenvalue weighted by Crippen LogP contribution is 2.26. The second kappa shape index (κ2) is 5.89. The molecule has 0 unspecified atom stereocenters. The Morgan fingerprint density at radius 2 is 1.94 bits per heavy atom. The summed E-state index contributed by atoms with van der Waals surface area (Å²) in [6.07, 6.45) is 3.33. The third-order valence-corrected chi connectivity index (χ3v) is 3.44. The van der Waals surface area contributed by atoms with Crippen molar-refractivity contribution in [2.45, 2.75) is 39.2 Å². The molecule has 0 aromatic heterocycles. The Labute approximate surface area is 109 Å². The van der Waals surface area contributed by atoms with Crippen LogP contribution in [0.2, 0.25) is 0 Å². The maximum absolute atomic E-state index is 11.9. The molecule has 0 bridgehead atoms. The first-order valence-electron chi connectivity index (χ1n) is 6.84. The van der Waals surface area contributed by atoms with Crippen LogP contribution in [0.25, 0.3) is 0 Å². The SMILES string of the molecule is CCCNc1ccc(C(=O)NC2CC(C)C2)cc1. The monoisotopic (exact) mass is 246 g/mol. The highest BCUT2D eigenvalue weighted by atomic mass is 16.1. The zero-order valence-corrected chi connectivity index (χ0v) is 11.2. The quantitative estimate of drug-likeness (QED) is 0.838. The second-order valence-electron chi connectivity index (χ2n) is 5.25. The summed E-state index contributed by atoms with van der Waals surface area (Å²) in [6.45, 7) is 5.32. The summed E-state index contributed by atoms with van der Waals surface area (Å²) < 4.78 is 0. The molecule has 1 saturated carbocycles. The highest BCUT2D eigenvalue weighted by molar-refractivity contribution is 5.94. The molecule has 18 heavy (non-hydrogen) atoms. The summed E-state index contributed by atoms with van der Waals surface area (Å²) in [4.78, 5) is 11.9. The minimum absolute atomic E-state index is 0.0499. The highest BCUT2D eigenvalue weighted by Gasteiger charge is 2.26. The zero-order chi connectivity index (χ0) is 13.0. The van der Waals surface area contributed by atoms with Gasteiger partial charge in [-0.05, 0) is 49.4 Å². The van der Waals surface area contributed by atoms with Gasteiger partial charge in [-0.2, -0.15) is 0 Å². The topological polar surface area (TPSA) is 41.1 Å². The van der Waals surface area contributed by atoms with Crippen LogP contribution in [0, 0.1) is 5.92 Å². The van der Waals surface area contributed by atoms with Crippen molar-refractivity contribution in [1.29, 1.82) is 0 Å². The zero-order valence-electron chi connectivity index (χ0n) is 11.2. The Balaban J connectivity index is 1.86. The van der Waals surface area contributed by atoms with E-state index in [0.717, 1.165) is 43.0 Å². The molecule has 0 saturated heterocycles. The molecule has 0 spiro atoms. The second-order valence-corrected chi connectivity index (χ2v) is 5.25. The van der Waals surface area contributed by atoms with Gasteiger partial charge in [-0.25, -0.2) is 0 Å². The van der Waals surface area contributed by atoms with E-state index in [9.17, 15) is 4.79 Å². The molecule has 1 aliphatic carbocycles. The van der Waals surface area contributed by atoms with Crippen molar-refractivity contribution in [2.75, 3.05) is 11.9 Å². The van der Waals surface area contributed by atoms with E-state index in [1.807, 2.05) is 24.3 Å². The Morgan fingerprint density at radius 1 is 1.28 bits per heavy atom. The number of benzene rings is 1. The van der Waals surface area contributed by atoms with Crippen LogP contribution in [0.1, 0.15) is 43.5 Å². The number of carbonyl (C=O) groups is 1. The van der Waals surface area contributed by atoms with E-state index >= 15 is 0 Å². The molecule has 3 heteroatoms. The number of amides is 1. The van der Waals surface area contributed by atoms with Crippen LogP contribution in [-0.4, -0.2) is 18.5 Å². The number of hydrogen-bond donors (Lipinski definition) is 2. The number of anilines is 1. The number of carbonyl (C=O) groups excluding carboxylic acids is 1. The molecule has 98 valence electrons. The van der Waals surface area contributed by atoms with E-state index in [2.05, 4.69) is 24.5 Å². The van der Waals surface area contributed by atoms with Gasteiger partial charge in [0.05, 0.1) is 0 Å². The molecule has 1 fully saturated rings. The summed E-state index contributed by atoms with van der Waals surface area (Å²) in [5, 5.41) is 6.36. The van der Waals surface area contributed by atoms with Crippen LogP contribution < -0.4 is 10.6 Å². The molecule has 1 aliphatic rings. The van der Waals surface area contributed by atoms with Crippen molar-refractivity contribution in [3.63, 3.8) is 0 Å². The Morgan fingerprint density at radius 3 is 2.50 bits per heavy atom. The fourth-order valence-corrected chi connectivity index (χ4v) is 2.30. The van der Waals surface area contributed by atoms with Gasteiger partial charge < -0.3 is 10.6 Å². The van der Waals surface area contributed by atoms with Gasteiger partial charge >= 0.3 is 0 Å². The van der Waals surface area contributed by atoms with E-state index < -0.39 is 0 Å². The van der Waals surface area contributed by atoms with Crippen molar-refractivity contribution in [3.8, 4) is 0 Å². The first-order valence-corrected chi connectivity index (χ1v) is 6.84. The van der Waals surface area contributed by atoms with Gasteiger partial charge in [0, 0.05) is 23.8 Å². The van der Waals surface area contributed by atoms with Crippen molar-refractivity contribution in [1.82, 2.24) is 5.32 Å². The van der Waals surface area contributed by atoms with E-state index in [1.54, 1.807) is 0 Å². The van der Waals surface area contributed by atoms with Crippen molar-refractivity contribution < 1.29 is 4.79 Å². The molecule has 2 N–H and O–H groups in total. The van der Waals surface area contributed by atoms with E-state index in [1.165, 1.54) is 0 Å². The van der Waals surface area contributed by atoms with Gasteiger partial charge in [-0.3, -0.25) is 4.79 Å². The first-order chi connectivity index (χ1) is 8.69. The molecule has 1 aromatic rings. The Kier molecular flexibility index (Phi) is 4.24. The lowest BCUT2D eigenvalue weighted by Gasteiger charge is -2.33. The normalized spacial score (nSPS) is 22.1. The summed E-state index contributed by atoms with van der Waals surface area (Å²) >= 11 is 0. The van der Waals surface area contributed by atoms with Gasteiger partial charge in [-0.15, -0.1) is 0 Å². The average molecular weight is 246 g/mol. The molecule has 1 aromatic carbocycles. The van der Waals surface area contributed by atoms with Crippen LogP contribution >= 0.6 is 0 Å². The summed E-state index contributed by atoms with van der Waals surface area (Å²) in [6, 6.07) is 8.08. The fraction of sp³-hybridized carbons (Fsp3) is 0.533. The van der Waals surface area contributed by atoms with Gasteiger partial charge in [0.1, 0.15) is 0 Å². The Hall–Kier alpha value is -1.51. The minimum Gasteiger partial charge on any atom is -0.385 e. The smallest absolute Gasteiger partial charge is 0.251 e. The van der Waals surface area contributed by atoms with Crippen LogP contribution in [0.15, 0.2) is 24.3 Å². The summed E-state index contributed by atoms with van der Waals surface area (Å²) in [5.74, 6) is 0.810. The average Bonchev–Trinajstić information content (AvgIpc) is 2.35. The minimum atomic E-state index is 0.0499. The van der Waals surface area contributed by atoms with Gasteiger partial charge in [-0.1, -0.05) is 13.8 Å². The first kappa shape index (κ1) is 12.9. The molecular formula is C15H22N2O. The molecule has 2 rings (SSSR count). The lowest BCUT2D eigenvalue weighted by molar-refractivity contribution is 0.0896. The van der Waals surface area contributed by atoms with Gasteiger partial charge in [0.2, 0.25) is 0 Å². The molecule has 3 nitrogen and oxygen atoms in total. The predicted octanol–water partition coefficient (Wildman–Crippen LogP) is 3.04.